The van der Waals surface area contributed by atoms with E-state index in [1.165, 1.54) is 0 Å². The van der Waals surface area contributed by atoms with Crippen LogP contribution in [0.2, 0.25) is 0 Å². The third kappa shape index (κ3) is 15.0. The zero-order valence-electron chi connectivity index (χ0n) is 17.7. The van der Waals surface area contributed by atoms with Gasteiger partial charge < -0.3 is 14.2 Å². The highest BCUT2D eigenvalue weighted by molar-refractivity contribution is 5.99. The molecule has 6 nitrogen and oxygen atoms in total. The number of carbonyl (C=O) groups excluding carboxylic acids is 3. The fraction of sp³-hybridized carbons (Fsp3) is 0.762. The molecule has 0 radical (unpaired) electrons. The maximum atomic E-state index is 12.3. The van der Waals surface area contributed by atoms with Crippen molar-refractivity contribution < 1.29 is 28.6 Å². The molecule has 0 aromatic heterocycles. The Bertz CT molecular complexity index is 491. The molecule has 0 aliphatic rings. The van der Waals surface area contributed by atoms with Crippen molar-refractivity contribution in [2.75, 3.05) is 19.8 Å². The van der Waals surface area contributed by atoms with Crippen molar-refractivity contribution in [2.45, 2.75) is 67.2 Å². The van der Waals surface area contributed by atoms with Crippen LogP contribution in [0, 0.1) is 17.8 Å². The Morgan fingerprint density at radius 3 is 1.63 bits per heavy atom. The molecule has 0 aliphatic heterocycles. The molecule has 0 aromatic carbocycles. The molecule has 0 heterocycles. The molecule has 156 valence electrons. The number of esters is 3. The summed E-state index contributed by atoms with van der Waals surface area (Å²) >= 11 is 0. The number of carbonyl (C=O) groups is 3. The lowest BCUT2D eigenvalue weighted by atomic mass is 10.1. The highest BCUT2D eigenvalue weighted by atomic mass is 16.5. The van der Waals surface area contributed by atoms with E-state index in [2.05, 4.69) is 0 Å². The molecule has 0 spiro atoms. The smallest absolute Gasteiger partial charge is 0.334 e. The molecule has 0 saturated carbocycles. The van der Waals surface area contributed by atoms with Crippen molar-refractivity contribution in [1.29, 1.82) is 0 Å². The minimum Gasteiger partial charge on any atom is -0.465 e. The summed E-state index contributed by atoms with van der Waals surface area (Å²) in [5, 5.41) is 0. The Hall–Kier alpha value is -1.85. The van der Waals surface area contributed by atoms with E-state index < -0.39 is 17.9 Å². The van der Waals surface area contributed by atoms with Crippen molar-refractivity contribution >= 4 is 17.9 Å². The van der Waals surface area contributed by atoms with Gasteiger partial charge in [0.2, 0.25) is 0 Å². The van der Waals surface area contributed by atoms with Gasteiger partial charge in [-0.1, -0.05) is 41.5 Å². The molecule has 0 bridgehead atoms. The summed E-state index contributed by atoms with van der Waals surface area (Å²) in [6.07, 6.45) is 2.90. The van der Waals surface area contributed by atoms with Gasteiger partial charge in [0.25, 0.3) is 0 Å². The fourth-order valence-corrected chi connectivity index (χ4v) is 1.86. The molecule has 0 N–H and O–H groups in total. The Balaban J connectivity index is 4.81. The van der Waals surface area contributed by atoms with Gasteiger partial charge >= 0.3 is 17.9 Å². The third-order valence-electron chi connectivity index (χ3n) is 3.72. The van der Waals surface area contributed by atoms with Gasteiger partial charge in [0, 0.05) is 6.08 Å². The summed E-state index contributed by atoms with van der Waals surface area (Å²) in [5.74, 6) is -0.702. The molecule has 0 atom stereocenters. The van der Waals surface area contributed by atoms with Gasteiger partial charge in [-0.15, -0.1) is 0 Å². The lowest BCUT2D eigenvalue weighted by Gasteiger charge is -2.11. The zero-order chi connectivity index (χ0) is 20.8. The molecular weight excluding hydrogens is 348 g/mol. The first-order chi connectivity index (χ1) is 12.6. The SMILES string of the molecule is CC(C)CCOC(=O)/C=C(/CC(=O)OCCC(C)C)C(=O)OCCC(C)C. The molecule has 0 amide bonds. The highest BCUT2D eigenvalue weighted by Crippen LogP contribution is 2.10. The van der Waals surface area contributed by atoms with Crippen LogP contribution < -0.4 is 0 Å². The Morgan fingerprint density at radius 2 is 1.15 bits per heavy atom. The van der Waals surface area contributed by atoms with E-state index in [-0.39, 0.29) is 31.8 Å². The third-order valence-corrected chi connectivity index (χ3v) is 3.72. The van der Waals surface area contributed by atoms with Crippen LogP contribution in [0.15, 0.2) is 11.6 Å². The van der Waals surface area contributed by atoms with Crippen LogP contribution in [0.3, 0.4) is 0 Å². The van der Waals surface area contributed by atoms with Crippen molar-refractivity contribution in [3.8, 4) is 0 Å². The van der Waals surface area contributed by atoms with Gasteiger partial charge in [-0.2, -0.15) is 0 Å². The van der Waals surface area contributed by atoms with Gasteiger partial charge in [-0.25, -0.2) is 9.59 Å². The number of rotatable bonds is 13. The van der Waals surface area contributed by atoms with Crippen LogP contribution in [0.4, 0.5) is 0 Å². The van der Waals surface area contributed by atoms with Crippen LogP contribution in [-0.2, 0) is 28.6 Å². The van der Waals surface area contributed by atoms with Gasteiger partial charge in [-0.3, -0.25) is 4.79 Å². The average Bonchev–Trinajstić information content (AvgIpc) is 2.52. The van der Waals surface area contributed by atoms with E-state index in [9.17, 15) is 14.4 Å². The van der Waals surface area contributed by atoms with Gasteiger partial charge in [0.15, 0.2) is 0 Å². The number of hydrogen-bond acceptors (Lipinski definition) is 6. The molecule has 0 aliphatic carbocycles. The lowest BCUT2D eigenvalue weighted by Crippen LogP contribution is -2.17. The van der Waals surface area contributed by atoms with Crippen LogP contribution in [0.25, 0.3) is 0 Å². The number of ether oxygens (including phenoxy) is 3. The van der Waals surface area contributed by atoms with E-state index in [4.69, 9.17) is 14.2 Å². The monoisotopic (exact) mass is 384 g/mol. The molecule has 0 unspecified atom stereocenters. The van der Waals surface area contributed by atoms with Crippen LogP contribution in [0.5, 0.6) is 0 Å². The summed E-state index contributed by atoms with van der Waals surface area (Å²) in [4.78, 5) is 36.2. The summed E-state index contributed by atoms with van der Waals surface area (Å²) in [6, 6.07) is 0. The Morgan fingerprint density at radius 1 is 0.704 bits per heavy atom. The van der Waals surface area contributed by atoms with Crippen molar-refractivity contribution in [1.82, 2.24) is 0 Å². The van der Waals surface area contributed by atoms with Crippen LogP contribution in [0.1, 0.15) is 67.2 Å². The van der Waals surface area contributed by atoms with E-state index in [0.717, 1.165) is 18.9 Å². The Kier molecular flexibility index (Phi) is 13.3. The first-order valence-electron chi connectivity index (χ1n) is 9.81. The van der Waals surface area contributed by atoms with Gasteiger partial charge in [0.05, 0.1) is 31.8 Å². The standard InChI is InChI=1S/C21H36O6/c1-15(2)7-10-25-19(22)13-18(21(24)27-12-9-17(5)6)14-20(23)26-11-8-16(3)4/h13,15-17H,7-12,14H2,1-6H3/b18-13-. The lowest BCUT2D eigenvalue weighted by molar-refractivity contribution is -0.147. The highest BCUT2D eigenvalue weighted by Gasteiger charge is 2.19. The zero-order valence-corrected chi connectivity index (χ0v) is 17.7. The molecule has 0 saturated heterocycles. The van der Waals surface area contributed by atoms with E-state index >= 15 is 0 Å². The van der Waals surface area contributed by atoms with Crippen molar-refractivity contribution in [2.24, 2.45) is 17.8 Å². The largest absolute Gasteiger partial charge is 0.465 e. The molecule has 0 aromatic rings. The summed E-state index contributed by atoms with van der Waals surface area (Å²) in [5.41, 5.74) is -0.0390. The predicted molar refractivity (Wildman–Crippen MR) is 104 cm³/mol. The van der Waals surface area contributed by atoms with Gasteiger partial charge in [-0.05, 0) is 37.0 Å². The molecule has 0 fully saturated rings. The van der Waals surface area contributed by atoms with Crippen molar-refractivity contribution in [3.05, 3.63) is 11.6 Å². The molecule has 6 heteroatoms. The molecule has 27 heavy (non-hydrogen) atoms. The van der Waals surface area contributed by atoms with E-state index in [0.29, 0.717) is 24.2 Å². The quantitative estimate of drug-likeness (QED) is 0.271. The normalized spacial score (nSPS) is 11.8. The van der Waals surface area contributed by atoms with Crippen LogP contribution in [-0.4, -0.2) is 37.7 Å². The number of hydrogen-bond donors (Lipinski definition) is 0. The second-order valence-corrected chi connectivity index (χ2v) is 7.92. The first-order valence-corrected chi connectivity index (χ1v) is 9.81. The Labute approximate surface area is 163 Å². The molecule has 0 rings (SSSR count). The average molecular weight is 385 g/mol. The summed E-state index contributed by atoms with van der Waals surface area (Å²) in [6.45, 7) is 12.9. The minimum absolute atomic E-state index is 0.0390. The van der Waals surface area contributed by atoms with E-state index in [1.807, 2.05) is 41.5 Å². The summed E-state index contributed by atoms with van der Waals surface area (Å²) < 4.78 is 15.4. The van der Waals surface area contributed by atoms with Gasteiger partial charge in [0.1, 0.15) is 0 Å². The summed E-state index contributed by atoms with van der Waals surface area (Å²) in [7, 11) is 0. The minimum atomic E-state index is -0.683. The predicted octanol–water partition coefficient (Wildman–Crippen LogP) is 4.07. The maximum Gasteiger partial charge on any atom is 0.334 e. The van der Waals surface area contributed by atoms with Crippen molar-refractivity contribution in [3.63, 3.8) is 0 Å². The first kappa shape index (κ1) is 25.1. The van der Waals surface area contributed by atoms with E-state index in [1.54, 1.807) is 0 Å². The fourth-order valence-electron chi connectivity index (χ4n) is 1.86. The molecular formula is C21H36O6. The second-order valence-electron chi connectivity index (χ2n) is 7.92. The maximum absolute atomic E-state index is 12.3. The topological polar surface area (TPSA) is 78.9 Å². The van der Waals surface area contributed by atoms with Crippen LogP contribution >= 0.6 is 0 Å². The second kappa shape index (κ2) is 14.2.